The molecule has 0 radical (unpaired) electrons. The Kier molecular flexibility index (Phi) is 5.86. The molecule has 27 heavy (non-hydrogen) atoms. The Hall–Kier alpha value is -1.92. The van der Waals surface area contributed by atoms with Crippen LogP contribution in [-0.2, 0) is 4.79 Å². The number of hydrogen-bond acceptors (Lipinski definition) is 4. The lowest BCUT2D eigenvalue weighted by atomic mass is 10.0. The molecule has 0 unspecified atom stereocenters. The lowest BCUT2D eigenvalue weighted by Crippen LogP contribution is -2.20. The third-order valence-electron chi connectivity index (χ3n) is 4.60. The Bertz CT molecular complexity index is 1010. The minimum absolute atomic E-state index is 0.0469. The highest BCUT2D eigenvalue weighted by Gasteiger charge is 2.14. The van der Waals surface area contributed by atoms with E-state index in [0.29, 0.717) is 11.0 Å². The maximum absolute atomic E-state index is 12.4. The Labute approximate surface area is 172 Å². The fraction of sp³-hybridized carbons (Fsp3) is 0.333. The quantitative estimate of drug-likeness (QED) is 0.512. The number of carbonyl (C=O) groups is 1. The third kappa shape index (κ3) is 4.33. The molecule has 2 aromatic carbocycles. The van der Waals surface area contributed by atoms with Crippen LogP contribution in [0.5, 0.6) is 5.75 Å². The van der Waals surface area contributed by atoms with Gasteiger partial charge in [-0.3, -0.25) is 10.1 Å². The second kappa shape index (κ2) is 7.98. The van der Waals surface area contributed by atoms with Gasteiger partial charge in [0.15, 0.2) is 11.7 Å². The molecule has 0 saturated carbocycles. The highest BCUT2D eigenvalue weighted by molar-refractivity contribution is 9.10. The van der Waals surface area contributed by atoms with Crippen molar-refractivity contribution in [3.05, 3.63) is 51.0 Å². The molecular formula is C21H23BrN2O2S. The molecule has 1 N–H and O–H groups in total. The number of halogens is 1. The Morgan fingerprint density at radius 3 is 2.67 bits per heavy atom. The first kappa shape index (κ1) is 19.8. The minimum Gasteiger partial charge on any atom is -0.483 e. The zero-order chi connectivity index (χ0) is 19.7. The fourth-order valence-electron chi connectivity index (χ4n) is 2.82. The molecule has 0 bridgehead atoms. The Balaban J connectivity index is 1.72. The predicted octanol–water partition coefficient (Wildman–Crippen LogP) is 6.12. The van der Waals surface area contributed by atoms with Crippen molar-refractivity contribution in [3.63, 3.8) is 0 Å². The first-order valence-corrected chi connectivity index (χ1v) is 10.5. The minimum atomic E-state index is -0.210. The summed E-state index contributed by atoms with van der Waals surface area (Å²) in [5, 5.41) is 3.46. The van der Waals surface area contributed by atoms with Crippen LogP contribution in [0.3, 0.4) is 0 Å². The maximum Gasteiger partial charge on any atom is 0.264 e. The van der Waals surface area contributed by atoms with Gasteiger partial charge >= 0.3 is 0 Å². The number of thiazole rings is 1. The van der Waals surface area contributed by atoms with E-state index in [9.17, 15) is 4.79 Å². The van der Waals surface area contributed by atoms with Crippen molar-refractivity contribution in [1.29, 1.82) is 0 Å². The van der Waals surface area contributed by atoms with Gasteiger partial charge in [-0.25, -0.2) is 4.98 Å². The molecule has 142 valence electrons. The molecule has 0 atom stereocenters. The molecule has 0 aliphatic rings. The Morgan fingerprint density at radius 2 is 1.96 bits per heavy atom. The van der Waals surface area contributed by atoms with E-state index in [1.807, 2.05) is 19.1 Å². The molecule has 1 amide bonds. The predicted molar refractivity (Wildman–Crippen MR) is 116 cm³/mol. The zero-order valence-corrected chi connectivity index (χ0v) is 18.5. The van der Waals surface area contributed by atoms with Crippen LogP contribution in [0.4, 0.5) is 5.13 Å². The zero-order valence-electron chi connectivity index (χ0n) is 16.1. The first-order valence-electron chi connectivity index (χ1n) is 8.85. The Morgan fingerprint density at radius 1 is 1.22 bits per heavy atom. The topological polar surface area (TPSA) is 51.2 Å². The van der Waals surface area contributed by atoms with E-state index in [-0.39, 0.29) is 12.5 Å². The summed E-state index contributed by atoms with van der Waals surface area (Å²) in [5.74, 6) is 0.839. The van der Waals surface area contributed by atoms with Crippen molar-refractivity contribution in [2.45, 2.75) is 40.5 Å². The van der Waals surface area contributed by atoms with E-state index in [4.69, 9.17) is 4.74 Å². The first-order chi connectivity index (χ1) is 12.8. The number of hydrogen-bond donors (Lipinski definition) is 1. The van der Waals surface area contributed by atoms with Gasteiger partial charge in [-0.1, -0.05) is 47.2 Å². The van der Waals surface area contributed by atoms with Gasteiger partial charge in [-0.05, 0) is 67.1 Å². The number of anilines is 1. The highest BCUT2D eigenvalue weighted by Crippen LogP contribution is 2.32. The summed E-state index contributed by atoms with van der Waals surface area (Å²) < 4.78 is 7.94. The molecule has 3 aromatic rings. The van der Waals surface area contributed by atoms with Crippen LogP contribution >= 0.6 is 27.3 Å². The maximum atomic E-state index is 12.4. The van der Waals surface area contributed by atoms with Gasteiger partial charge < -0.3 is 4.74 Å². The van der Waals surface area contributed by atoms with Crippen LogP contribution < -0.4 is 10.1 Å². The van der Waals surface area contributed by atoms with Gasteiger partial charge in [0.05, 0.1) is 10.2 Å². The highest BCUT2D eigenvalue weighted by atomic mass is 79.9. The molecule has 0 aliphatic heterocycles. The van der Waals surface area contributed by atoms with Gasteiger partial charge in [0.25, 0.3) is 5.91 Å². The van der Waals surface area contributed by atoms with Crippen molar-refractivity contribution in [2.24, 2.45) is 0 Å². The number of amides is 1. The number of nitrogens with zero attached hydrogens (tertiary/aromatic N) is 1. The van der Waals surface area contributed by atoms with Crippen LogP contribution in [0.25, 0.3) is 10.2 Å². The largest absolute Gasteiger partial charge is 0.483 e. The van der Waals surface area contributed by atoms with Crippen LogP contribution in [0.1, 0.15) is 42.0 Å². The van der Waals surface area contributed by atoms with Crippen LogP contribution in [-0.4, -0.2) is 17.5 Å². The number of ether oxygens (including phenoxy) is 1. The van der Waals surface area contributed by atoms with E-state index < -0.39 is 0 Å². The fourth-order valence-corrected chi connectivity index (χ4v) is 4.13. The van der Waals surface area contributed by atoms with E-state index in [1.54, 1.807) is 0 Å². The molecule has 3 rings (SSSR count). The van der Waals surface area contributed by atoms with Crippen LogP contribution in [0.2, 0.25) is 0 Å². The van der Waals surface area contributed by atoms with Crippen molar-refractivity contribution in [2.75, 3.05) is 11.9 Å². The SMILES string of the molecule is Cc1cc(OCC(=O)Nc2nc3c(C)c(C)ccc3s2)c(C(C)C)cc1Br. The molecule has 6 heteroatoms. The number of nitrogens with one attached hydrogen (secondary N) is 1. The number of carbonyl (C=O) groups excluding carboxylic acids is 1. The third-order valence-corrected chi connectivity index (χ3v) is 6.39. The summed E-state index contributed by atoms with van der Waals surface area (Å²) in [6.45, 7) is 10.3. The smallest absolute Gasteiger partial charge is 0.264 e. The second-order valence-electron chi connectivity index (χ2n) is 7.00. The summed E-state index contributed by atoms with van der Waals surface area (Å²) in [4.78, 5) is 16.9. The lowest BCUT2D eigenvalue weighted by Gasteiger charge is -2.15. The molecule has 1 aromatic heterocycles. The number of benzene rings is 2. The van der Waals surface area contributed by atoms with Crippen molar-refractivity contribution in [1.82, 2.24) is 4.98 Å². The number of aryl methyl sites for hydroxylation is 3. The molecular weight excluding hydrogens is 424 g/mol. The standard InChI is InChI=1S/C21H23BrN2O2S/c1-11(2)15-9-16(22)13(4)8-17(15)26-10-19(25)23-21-24-20-14(5)12(3)6-7-18(20)27-21/h6-9,11H,10H2,1-5H3,(H,23,24,25). The molecule has 0 saturated heterocycles. The normalized spacial score (nSPS) is 11.2. The number of rotatable bonds is 5. The molecule has 0 aliphatic carbocycles. The summed E-state index contributed by atoms with van der Waals surface area (Å²) in [7, 11) is 0. The lowest BCUT2D eigenvalue weighted by molar-refractivity contribution is -0.118. The van der Waals surface area contributed by atoms with Gasteiger partial charge in [-0.2, -0.15) is 0 Å². The van der Waals surface area contributed by atoms with E-state index >= 15 is 0 Å². The number of aromatic nitrogens is 1. The monoisotopic (exact) mass is 446 g/mol. The molecule has 0 fully saturated rings. The van der Waals surface area contributed by atoms with E-state index in [0.717, 1.165) is 37.1 Å². The van der Waals surface area contributed by atoms with Crippen molar-refractivity contribution < 1.29 is 9.53 Å². The van der Waals surface area contributed by atoms with Gasteiger partial charge in [0, 0.05) is 4.47 Å². The average molecular weight is 447 g/mol. The van der Waals surface area contributed by atoms with Crippen molar-refractivity contribution in [3.8, 4) is 5.75 Å². The van der Waals surface area contributed by atoms with Gasteiger partial charge in [-0.15, -0.1) is 0 Å². The molecule has 1 heterocycles. The van der Waals surface area contributed by atoms with E-state index in [2.05, 4.69) is 66.1 Å². The summed E-state index contributed by atoms with van der Waals surface area (Å²) in [5.41, 5.74) is 5.44. The second-order valence-corrected chi connectivity index (χ2v) is 8.89. The summed E-state index contributed by atoms with van der Waals surface area (Å²) >= 11 is 5.04. The average Bonchev–Trinajstić information content (AvgIpc) is 3.02. The number of fused-ring (bicyclic) bond motifs is 1. The summed E-state index contributed by atoms with van der Waals surface area (Å²) in [6.07, 6.45) is 0. The van der Waals surface area contributed by atoms with E-state index in [1.165, 1.54) is 16.9 Å². The summed E-state index contributed by atoms with van der Waals surface area (Å²) in [6, 6.07) is 8.15. The van der Waals surface area contributed by atoms with Crippen LogP contribution in [0.15, 0.2) is 28.7 Å². The van der Waals surface area contributed by atoms with Gasteiger partial charge in [0.2, 0.25) is 0 Å². The molecule has 0 spiro atoms. The van der Waals surface area contributed by atoms with Gasteiger partial charge in [0.1, 0.15) is 5.75 Å². The van der Waals surface area contributed by atoms with Crippen LogP contribution in [0, 0.1) is 20.8 Å². The molecule has 4 nitrogen and oxygen atoms in total. The van der Waals surface area contributed by atoms with Crippen molar-refractivity contribution >= 4 is 48.5 Å².